The first-order valence-electron chi connectivity index (χ1n) is 5.91. The van der Waals surface area contributed by atoms with Crippen molar-refractivity contribution >= 4 is 21.9 Å². The lowest BCUT2D eigenvalue weighted by Gasteiger charge is -2.13. The summed E-state index contributed by atoms with van der Waals surface area (Å²) in [6, 6.07) is 8.61. The van der Waals surface area contributed by atoms with Crippen LogP contribution in [0.15, 0.2) is 33.7 Å². The van der Waals surface area contributed by atoms with E-state index in [0.29, 0.717) is 12.6 Å². The summed E-state index contributed by atoms with van der Waals surface area (Å²) < 4.78 is 1.09. The second-order valence-electron chi connectivity index (χ2n) is 4.12. The molecule has 1 rings (SSSR count). The highest BCUT2D eigenvalue weighted by Gasteiger charge is 1.99. The first-order chi connectivity index (χ1) is 8.11. The zero-order valence-corrected chi connectivity index (χ0v) is 12.2. The quantitative estimate of drug-likeness (QED) is 0.662. The molecule has 3 nitrogen and oxygen atoms in total. The summed E-state index contributed by atoms with van der Waals surface area (Å²) in [5.74, 6) is 0.866. The first kappa shape index (κ1) is 14.0. The lowest BCUT2D eigenvalue weighted by atomic mass is 10.2. The zero-order valence-electron chi connectivity index (χ0n) is 10.6. The second-order valence-corrected chi connectivity index (χ2v) is 5.04. The average Bonchev–Trinajstić information content (AvgIpc) is 2.27. The van der Waals surface area contributed by atoms with Gasteiger partial charge in [-0.15, -0.1) is 0 Å². The van der Waals surface area contributed by atoms with Gasteiger partial charge in [-0.1, -0.05) is 28.1 Å². The Kier molecular flexibility index (Phi) is 6.05. The molecule has 0 aliphatic rings. The summed E-state index contributed by atoms with van der Waals surface area (Å²) >= 11 is 3.42. The number of guanidine groups is 1. The van der Waals surface area contributed by atoms with Gasteiger partial charge in [-0.2, -0.15) is 0 Å². The predicted molar refractivity (Wildman–Crippen MR) is 77.2 cm³/mol. The molecule has 0 amide bonds. The molecular formula is C13H20BrN3. The van der Waals surface area contributed by atoms with Gasteiger partial charge in [-0.05, 0) is 38.5 Å². The Balaban J connectivity index is 2.61. The molecule has 4 heteroatoms. The summed E-state index contributed by atoms with van der Waals surface area (Å²) in [7, 11) is 0. The van der Waals surface area contributed by atoms with E-state index in [4.69, 9.17) is 0 Å². The summed E-state index contributed by atoms with van der Waals surface area (Å²) in [6.45, 7) is 7.84. The molecule has 0 saturated carbocycles. The highest BCUT2D eigenvalue weighted by Crippen LogP contribution is 2.10. The topological polar surface area (TPSA) is 36.4 Å². The first-order valence-corrected chi connectivity index (χ1v) is 6.70. The molecule has 94 valence electrons. The minimum Gasteiger partial charge on any atom is -0.357 e. The Labute approximate surface area is 112 Å². The van der Waals surface area contributed by atoms with Gasteiger partial charge in [0.15, 0.2) is 5.96 Å². The highest BCUT2D eigenvalue weighted by molar-refractivity contribution is 9.10. The van der Waals surface area contributed by atoms with E-state index in [9.17, 15) is 0 Å². The Hall–Kier alpha value is -1.03. The average molecular weight is 298 g/mol. The van der Waals surface area contributed by atoms with Gasteiger partial charge < -0.3 is 10.6 Å². The van der Waals surface area contributed by atoms with E-state index in [2.05, 4.69) is 64.5 Å². The number of nitrogens with one attached hydrogen (secondary N) is 2. The molecule has 0 bridgehead atoms. The van der Waals surface area contributed by atoms with Crippen molar-refractivity contribution in [2.75, 3.05) is 6.54 Å². The van der Waals surface area contributed by atoms with Crippen molar-refractivity contribution in [3.63, 3.8) is 0 Å². The van der Waals surface area contributed by atoms with Crippen molar-refractivity contribution in [2.24, 2.45) is 4.99 Å². The molecule has 2 N–H and O–H groups in total. The van der Waals surface area contributed by atoms with Gasteiger partial charge in [0.1, 0.15) is 0 Å². The van der Waals surface area contributed by atoms with Crippen LogP contribution in [0.3, 0.4) is 0 Å². The molecule has 0 fully saturated rings. The van der Waals surface area contributed by atoms with E-state index in [-0.39, 0.29) is 0 Å². The van der Waals surface area contributed by atoms with E-state index >= 15 is 0 Å². The van der Waals surface area contributed by atoms with Crippen molar-refractivity contribution in [3.8, 4) is 0 Å². The maximum Gasteiger partial charge on any atom is 0.191 e. The maximum absolute atomic E-state index is 4.53. The SMILES string of the molecule is CCNC(=NCc1ccc(Br)cc1)NC(C)C. The standard InChI is InChI=1S/C13H20BrN3/c1-4-15-13(17-10(2)3)16-9-11-5-7-12(14)8-6-11/h5-8,10H,4,9H2,1-3H3,(H2,15,16,17). The number of nitrogens with zero attached hydrogens (tertiary/aromatic N) is 1. The number of halogens is 1. The van der Waals surface area contributed by atoms with Crippen LogP contribution >= 0.6 is 15.9 Å². The fourth-order valence-corrected chi connectivity index (χ4v) is 1.62. The highest BCUT2D eigenvalue weighted by atomic mass is 79.9. The van der Waals surface area contributed by atoms with Crippen molar-refractivity contribution < 1.29 is 0 Å². The van der Waals surface area contributed by atoms with Crippen molar-refractivity contribution in [2.45, 2.75) is 33.4 Å². The van der Waals surface area contributed by atoms with Crippen LogP contribution in [-0.2, 0) is 6.54 Å². The summed E-state index contributed by atoms with van der Waals surface area (Å²) in [4.78, 5) is 4.53. The predicted octanol–water partition coefficient (Wildman–Crippen LogP) is 2.91. The summed E-state index contributed by atoms with van der Waals surface area (Å²) in [6.07, 6.45) is 0. The molecule has 0 aromatic heterocycles. The van der Waals surface area contributed by atoms with E-state index in [1.54, 1.807) is 0 Å². The van der Waals surface area contributed by atoms with Gasteiger partial charge in [-0.25, -0.2) is 4.99 Å². The Morgan fingerprint density at radius 1 is 1.29 bits per heavy atom. The number of hydrogen-bond donors (Lipinski definition) is 2. The van der Waals surface area contributed by atoms with Crippen molar-refractivity contribution in [3.05, 3.63) is 34.3 Å². The van der Waals surface area contributed by atoms with E-state index < -0.39 is 0 Å². The number of aliphatic imine (C=N–C) groups is 1. The fourth-order valence-electron chi connectivity index (χ4n) is 1.35. The maximum atomic E-state index is 4.53. The number of hydrogen-bond acceptors (Lipinski definition) is 1. The molecule has 0 unspecified atom stereocenters. The van der Waals surface area contributed by atoms with Crippen LogP contribution in [0, 0.1) is 0 Å². The third kappa shape index (κ3) is 5.73. The molecule has 17 heavy (non-hydrogen) atoms. The van der Waals surface area contributed by atoms with Gasteiger partial charge in [0.25, 0.3) is 0 Å². The third-order valence-electron chi connectivity index (χ3n) is 2.10. The summed E-state index contributed by atoms with van der Waals surface area (Å²) in [5.41, 5.74) is 1.20. The van der Waals surface area contributed by atoms with Crippen LogP contribution in [0.2, 0.25) is 0 Å². The molecule has 0 saturated heterocycles. The molecule has 0 aliphatic carbocycles. The lowest BCUT2D eigenvalue weighted by molar-refractivity contribution is 0.700. The molecule has 1 aromatic rings. The fraction of sp³-hybridized carbons (Fsp3) is 0.462. The molecule has 0 spiro atoms. The van der Waals surface area contributed by atoms with Gasteiger partial charge in [0.2, 0.25) is 0 Å². The Morgan fingerprint density at radius 3 is 2.47 bits per heavy atom. The van der Waals surface area contributed by atoms with Gasteiger partial charge in [-0.3, -0.25) is 0 Å². The second kappa shape index (κ2) is 7.33. The van der Waals surface area contributed by atoms with Crippen LogP contribution in [0.1, 0.15) is 26.3 Å². The van der Waals surface area contributed by atoms with Crippen LogP contribution in [0.4, 0.5) is 0 Å². The smallest absolute Gasteiger partial charge is 0.191 e. The van der Waals surface area contributed by atoms with Crippen molar-refractivity contribution in [1.29, 1.82) is 0 Å². The van der Waals surface area contributed by atoms with Crippen LogP contribution in [0.25, 0.3) is 0 Å². The van der Waals surface area contributed by atoms with Gasteiger partial charge in [0, 0.05) is 17.1 Å². The number of rotatable bonds is 4. The van der Waals surface area contributed by atoms with E-state index in [0.717, 1.165) is 17.0 Å². The monoisotopic (exact) mass is 297 g/mol. The zero-order chi connectivity index (χ0) is 12.7. The molecule has 1 aromatic carbocycles. The molecule has 0 heterocycles. The summed E-state index contributed by atoms with van der Waals surface area (Å²) in [5, 5.41) is 6.52. The van der Waals surface area contributed by atoms with Crippen LogP contribution in [-0.4, -0.2) is 18.5 Å². The van der Waals surface area contributed by atoms with Crippen LogP contribution < -0.4 is 10.6 Å². The lowest BCUT2D eigenvalue weighted by Crippen LogP contribution is -2.40. The normalized spacial score (nSPS) is 11.7. The minimum absolute atomic E-state index is 0.387. The molecule has 0 aliphatic heterocycles. The minimum atomic E-state index is 0.387. The molecule has 0 atom stereocenters. The number of benzene rings is 1. The van der Waals surface area contributed by atoms with Gasteiger partial charge >= 0.3 is 0 Å². The van der Waals surface area contributed by atoms with Gasteiger partial charge in [0.05, 0.1) is 6.54 Å². The largest absolute Gasteiger partial charge is 0.357 e. The van der Waals surface area contributed by atoms with Crippen molar-refractivity contribution in [1.82, 2.24) is 10.6 Å². The van der Waals surface area contributed by atoms with E-state index in [1.807, 2.05) is 12.1 Å². The van der Waals surface area contributed by atoms with E-state index in [1.165, 1.54) is 5.56 Å². The Morgan fingerprint density at radius 2 is 1.94 bits per heavy atom. The molecule has 0 radical (unpaired) electrons. The van der Waals surface area contributed by atoms with Crippen LogP contribution in [0.5, 0.6) is 0 Å². The third-order valence-corrected chi connectivity index (χ3v) is 2.63. The Bertz CT molecular complexity index is 357. The molecular weight excluding hydrogens is 278 g/mol.